The van der Waals surface area contributed by atoms with Gasteiger partial charge in [-0.2, -0.15) is 0 Å². The molecule has 2 heterocycles. The van der Waals surface area contributed by atoms with E-state index in [9.17, 15) is 0 Å². The van der Waals surface area contributed by atoms with E-state index in [1.807, 2.05) is 11.6 Å². The number of hydrogen-bond donors (Lipinski definition) is 0. The van der Waals surface area contributed by atoms with Crippen molar-refractivity contribution < 1.29 is 0 Å². The summed E-state index contributed by atoms with van der Waals surface area (Å²) < 4.78 is 1.83. The number of aromatic nitrogens is 4. The van der Waals surface area contributed by atoms with E-state index in [0.29, 0.717) is 0 Å². The van der Waals surface area contributed by atoms with Gasteiger partial charge >= 0.3 is 0 Å². The van der Waals surface area contributed by atoms with Crippen LogP contribution in [0.5, 0.6) is 0 Å². The Kier molecular flexibility index (Phi) is 5.60. The van der Waals surface area contributed by atoms with Gasteiger partial charge in [-0.1, -0.05) is 18.3 Å². The van der Waals surface area contributed by atoms with Gasteiger partial charge in [-0.3, -0.25) is 0 Å². The highest BCUT2D eigenvalue weighted by Gasteiger charge is 2.08. The molecule has 7 heteroatoms. The van der Waals surface area contributed by atoms with Gasteiger partial charge in [0.15, 0.2) is 5.82 Å². The lowest BCUT2D eigenvalue weighted by Crippen LogP contribution is -2.24. The Morgan fingerprint density at radius 1 is 1.50 bits per heavy atom. The second-order valence-corrected chi connectivity index (χ2v) is 6.10. The van der Waals surface area contributed by atoms with Gasteiger partial charge in [0.25, 0.3) is 0 Å². The zero-order valence-corrected chi connectivity index (χ0v) is 13.5. The normalized spacial score (nSPS) is 10.7. The lowest BCUT2D eigenvalue weighted by Gasteiger charge is -2.19. The zero-order valence-electron chi connectivity index (χ0n) is 11.8. The van der Waals surface area contributed by atoms with E-state index in [1.165, 1.54) is 4.88 Å². The molecule has 0 amide bonds. The SMILES string of the molecule is CCn1nnnc1CCCC(=S)N(C)Cc1cccs1. The molecule has 0 aliphatic heterocycles. The summed E-state index contributed by atoms with van der Waals surface area (Å²) in [6.07, 6.45) is 2.75. The molecule has 0 radical (unpaired) electrons. The van der Waals surface area contributed by atoms with Gasteiger partial charge in [-0.25, -0.2) is 4.68 Å². The molecule has 5 nitrogen and oxygen atoms in total. The molecule has 0 fully saturated rings. The second kappa shape index (κ2) is 7.44. The standard InChI is InChI=1S/C13H19N5S2/c1-3-18-12(14-15-16-18)7-4-8-13(19)17(2)10-11-6-5-9-20-11/h5-6,9H,3-4,7-8,10H2,1-2H3. The van der Waals surface area contributed by atoms with Crippen molar-refractivity contribution in [2.24, 2.45) is 0 Å². The second-order valence-electron chi connectivity index (χ2n) is 4.59. The number of rotatable bonds is 7. The molecule has 20 heavy (non-hydrogen) atoms. The minimum atomic E-state index is 0.811. The van der Waals surface area contributed by atoms with Gasteiger partial charge in [0.05, 0.1) is 11.5 Å². The van der Waals surface area contributed by atoms with Gasteiger partial charge in [0.1, 0.15) is 0 Å². The topological polar surface area (TPSA) is 46.8 Å². The van der Waals surface area contributed by atoms with Gasteiger partial charge in [-0.15, -0.1) is 16.4 Å². The molecule has 0 saturated carbocycles. The van der Waals surface area contributed by atoms with E-state index in [0.717, 1.165) is 43.2 Å². The molecule has 0 aromatic carbocycles. The average Bonchev–Trinajstić information content (AvgIpc) is 3.09. The quantitative estimate of drug-likeness (QED) is 0.736. The fourth-order valence-corrected chi connectivity index (χ4v) is 2.93. The Balaban J connectivity index is 1.74. The van der Waals surface area contributed by atoms with Crippen LogP contribution < -0.4 is 0 Å². The van der Waals surface area contributed by atoms with E-state index in [4.69, 9.17) is 12.2 Å². The third-order valence-corrected chi connectivity index (χ3v) is 4.47. The smallest absolute Gasteiger partial charge is 0.151 e. The van der Waals surface area contributed by atoms with Gasteiger partial charge < -0.3 is 4.90 Å². The third kappa shape index (κ3) is 4.08. The molecular weight excluding hydrogens is 290 g/mol. The maximum atomic E-state index is 5.48. The molecule has 0 spiro atoms. The van der Waals surface area contributed by atoms with Crippen LogP contribution in [-0.4, -0.2) is 37.1 Å². The highest BCUT2D eigenvalue weighted by atomic mass is 32.1. The molecule has 0 aliphatic carbocycles. The van der Waals surface area contributed by atoms with E-state index in [1.54, 1.807) is 11.3 Å². The summed E-state index contributed by atoms with van der Waals surface area (Å²) in [5.41, 5.74) is 0. The highest BCUT2D eigenvalue weighted by Crippen LogP contribution is 2.13. The van der Waals surface area contributed by atoms with Crippen molar-refractivity contribution in [1.29, 1.82) is 0 Å². The zero-order chi connectivity index (χ0) is 14.4. The summed E-state index contributed by atoms with van der Waals surface area (Å²) >= 11 is 7.24. The van der Waals surface area contributed by atoms with Crippen LogP contribution in [0.1, 0.15) is 30.5 Å². The Morgan fingerprint density at radius 2 is 2.35 bits per heavy atom. The Bertz CT molecular complexity index is 535. The summed E-state index contributed by atoms with van der Waals surface area (Å²) in [5, 5.41) is 13.8. The minimum Gasteiger partial charge on any atom is -0.364 e. The molecule has 0 saturated heterocycles. The molecule has 0 unspecified atom stereocenters. The Hall–Kier alpha value is -1.34. The lowest BCUT2D eigenvalue weighted by molar-refractivity contribution is 0.499. The first-order valence-corrected chi connectivity index (χ1v) is 8.01. The molecule has 2 aromatic heterocycles. The highest BCUT2D eigenvalue weighted by molar-refractivity contribution is 7.80. The first kappa shape index (κ1) is 15.1. The number of aryl methyl sites for hydroxylation is 2. The molecule has 2 rings (SSSR count). The Morgan fingerprint density at radius 3 is 3.05 bits per heavy atom. The van der Waals surface area contributed by atoms with E-state index in [-0.39, 0.29) is 0 Å². The number of thiocarbonyl (C=S) groups is 1. The van der Waals surface area contributed by atoms with Crippen molar-refractivity contribution in [3.05, 3.63) is 28.2 Å². The summed E-state index contributed by atoms with van der Waals surface area (Å²) in [6.45, 7) is 3.74. The van der Waals surface area contributed by atoms with Crippen LogP contribution >= 0.6 is 23.6 Å². The molecule has 0 N–H and O–H groups in total. The predicted molar refractivity (Wildman–Crippen MR) is 84.8 cm³/mol. The summed E-state index contributed by atoms with van der Waals surface area (Å²) in [5.74, 6) is 0.941. The van der Waals surface area contributed by atoms with Crippen molar-refractivity contribution in [3.63, 3.8) is 0 Å². The van der Waals surface area contributed by atoms with Crippen molar-refractivity contribution in [3.8, 4) is 0 Å². The van der Waals surface area contributed by atoms with Crippen molar-refractivity contribution in [2.45, 2.75) is 39.3 Å². The largest absolute Gasteiger partial charge is 0.364 e. The van der Waals surface area contributed by atoms with Crippen LogP contribution in [0.2, 0.25) is 0 Å². The molecule has 108 valence electrons. The molecule has 0 aliphatic rings. The van der Waals surface area contributed by atoms with Gasteiger partial charge in [0.2, 0.25) is 0 Å². The lowest BCUT2D eigenvalue weighted by atomic mass is 10.2. The van der Waals surface area contributed by atoms with Gasteiger partial charge in [0, 0.05) is 24.9 Å². The van der Waals surface area contributed by atoms with Crippen LogP contribution in [0.3, 0.4) is 0 Å². The van der Waals surface area contributed by atoms with Crippen LogP contribution in [-0.2, 0) is 19.5 Å². The number of nitrogens with zero attached hydrogens (tertiary/aromatic N) is 5. The third-order valence-electron chi connectivity index (χ3n) is 3.10. The minimum absolute atomic E-state index is 0.811. The maximum Gasteiger partial charge on any atom is 0.151 e. The molecule has 0 atom stereocenters. The fourth-order valence-electron chi connectivity index (χ4n) is 1.96. The van der Waals surface area contributed by atoms with E-state index in [2.05, 4.69) is 45.0 Å². The molecule has 2 aromatic rings. The summed E-state index contributed by atoms with van der Waals surface area (Å²) in [6, 6.07) is 4.21. The van der Waals surface area contributed by atoms with Crippen LogP contribution in [0, 0.1) is 0 Å². The van der Waals surface area contributed by atoms with Crippen LogP contribution in [0.15, 0.2) is 17.5 Å². The van der Waals surface area contributed by atoms with Crippen molar-refractivity contribution >= 4 is 28.5 Å². The summed E-state index contributed by atoms with van der Waals surface area (Å²) in [7, 11) is 2.05. The van der Waals surface area contributed by atoms with Crippen molar-refractivity contribution in [2.75, 3.05) is 7.05 Å². The van der Waals surface area contributed by atoms with Crippen LogP contribution in [0.25, 0.3) is 0 Å². The number of hydrogen-bond acceptors (Lipinski definition) is 5. The van der Waals surface area contributed by atoms with Gasteiger partial charge in [-0.05, 0) is 41.6 Å². The number of thiophene rings is 1. The fraction of sp³-hybridized carbons (Fsp3) is 0.538. The average molecular weight is 309 g/mol. The maximum absolute atomic E-state index is 5.48. The molecular formula is C13H19N5S2. The molecule has 0 bridgehead atoms. The van der Waals surface area contributed by atoms with Crippen LogP contribution in [0.4, 0.5) is 0 Å². The number of tetrazole rings is 1. The predicted octanol–water partition coefficient (Wildman–Crippen LogP) is 2.54. The first-order valence-electron chi connectivity index (χ1n) is 6.72. The van der Waals surface area contributed by atoms with Crippen molar-refractivity contribution in [1.82, 2.24) is 25.1 Å². The van der Waals surface area contributed by atoms with E-state index < -0.39 is 0 Å². The monoisotopic (exact) mass is 309 g/mol. The summed E-state index contributed by atoms with van der Waals surface area (Å²) in [4.78, 5) is 4.47. The first-order chi connectivity index (χ1) is 9.70. The Labute approximate surface area is 128 Å². The van der Waals surface area contributed by atoms with E-state index >= 15 is 0 Å².